The minimum absolute atomic E-state index is 0.259. The zero-order valence-electron chi connectivity index (χ0n) is 11.7. The van der Waals surface area contributed by atoms with Gasteiger partial charge in [-0.3, -0.25) is 4.79 Å². The molecule has 3 N–H and O–H groups in total. The van der Waals surface area contributed by atoms with E-state index in [1.54, 1.807) is 18.2 Å². The van der Waals surface area contributed by atoms with E-state index in [9.17, 15) is 19.5 Å². The molecule has 7 nitrogen and oxygen atoms in total. The molecule has 0 heterocycles. The Hall–Kier alpha value is -2.57. The van der Waals surface area contributed by atoms with E-state index in [-0.39, 0.29) is 5.75 Å². The number of ether oxygens (including phenoxy) is 1. The molecule has 0 aliphatic heterocycles. The molecule has 21 heavy (non-hydrogen) atoms. The van der Waals surface area contributed by atoms with E-state index in [2.05, 4.69) is 5.32 Å². The van der Waals surface area contributed by atoms with Gasteiger partial charge in [0.05, 0.1) is 6.42 Å². The van der Waals surface area contributed by atoms with Gasteiger partial charge < -0.3 is 20.3 Å². The minimum Gasteiger partial charge on any atom is -0.481 e. The number of hydrogen-bond donors (Lipinski definition) is 3. The van der Waals surface area contributed by atoms with Crippen LogP contribution in [0.2, 0.25) is 0 Å². The fourth-order valence-corrected chi connectivity index (χ4v) is 1.83. The van der Waals surface area contributed by atoms with Crippen LogP contribution in [0.25, 0.3) is 0 Å². The maximum absolute atomic E-state index is 11.7. The number of hydrogen-bond acceptors (Lipinski definition) is 4. The van der Waals surface area contributed by atoms with E-state index < -0.39 is 35.9 Å². The van der Waals surface area contributed by atoms with Gasteiger partial charge in [0.15, 0.2) is 0 Å². The molecule has 0 saturated heterocycles. The van der Waals surface area contributed by atoms with Crippen molar-refractivity contribution in [1.29, 1.82) is 0 Å². The third-order valence-electron chi connectivity index (χ3n) is 2.85. The number of carbonyl (C=O) groups is 3. The van der Waals surface area contributed by atoms with E-state index in [0.717, 1.165) is 0 Å². The second-order valence-corrected chi connectivity index (χ2v) is 5.18. The molecule has 0 spiro atoms. The Morgan fingerprint density at radius 2 is 1.76 bits per heavy atom. The predicted molar refractivity (Wildman–Crippen MR) is 73.1 cm³/mol. The lowest BCUT2D eigenvalue weighted by molar-refractivity contribution is -0.145. The molecule has 0 saturated carbocycles. The monoisotopic (exact) mass is 295 g/mol. The van der Waals surface area contributed by atoms with Crippen LogP contribution in [0, 0.1) is 5.41 Å². The van der Waals surface area contributed by atoms with Crippen molar-refractivity contribution in [2.75, 3.05) is 0 Å². The van der Waals surface area contributed by atoms with Gasteiger partial charge in [0.25, 0.3) is 0 Å². The van der Waals surface area contributed by atoms with Gasteiger partial charge in [-0.25, -0.2) is 9.59 Å². The second-order valence-electron chi connectivity index (χ2n) is 5.18. The van der Waals surface area contributed by atoms with Crippen LogP contribution in [-0.2, 0) is 9.59 Å². The lowest BCUT2D eigenvalue weighted by Crippen LogP contribution is -2.51. The number of carboxylic acid groups (broad SMARTS) is 2. The molecule has 0 aromatic heterocycles. The molecule has 0 aliphatic rings. The molecule has 0 radical (unpaired) electrons. The molecule has 1 amide bonds. The largest absolute Gasteiger partial charge is 0.481 e. The molecule has 1 aromatic carbocycles. The predicted octanol–water partition coefficient (Wildman–Crippen LogP) is 1.73. The third-order valence-corrected chi connectivity index (χ3v) is 2.85. The van der Waals surface area contributed by atoms with Gasteiger partial charge in [-0.2, -0.15) is 0 Å². The number of benzene rings is 1. The highest BCUT2D eigenvalue weighted by molar-refractivity contribution is 5.82. The minimum atomic E-state index is -1.38. The fraction of sp³-hybridized carbons (Fsp3) is 0.357. The van der Waals surface area contributed by atoms with Gasteiger partial charge >= 0.3 is 18.0 Å². The summed E-state index contributed by atoms with van der Waals surface area (Å²) in [5.74, 6) is -2.22. The number of amides is 1. The lowest BCUT2D eigenvalue weighted by Gasteiger charge is -2.30. The van der Waals surface area contributed by atoms with Crippen LogP contribution < -0.4 is 10.1 Å². The van der Waals surface area contributed by atoms with Crippen molar-refractivity contribution in [3.05, 3.63) is 30.3 Å². The van der Waals surface area contributed by atoms with Crippen molar-refractivity contribution in [1.82, 2.24) is 5.32 Å². The van der Waals surface area contributed by atoms with Gasteiger partial charge in [-0.05, 0) is 12.1 Å². The average molecular weight is 295 g/mol. The van der Waals surface area contributed by atoms with E-state index in [1.165, 1.54) is 26.0 Å². The SMILES string of the molecule is CC(C)(CC(=O)O)C(NC(=O)Oc1ccccc1)C(=O)O. The number of nitrogens with one attached hydrogen (secondary N) is 1. The molecule has 1 atom stereocenters. The van der Waals surface area contributed by atoms with Crippen molar-refractivity contribution in [3.8, 4) is 5.75 Å². The zero-order chi connectivity index (χ0) is 16.0. The first kappa shape index (κ1) is 16.5. The topological polar surface area (TPSA) is 113 Å². The van der Waals surface area contributed by atoms with Crippen molar-refractivity contribution in [2.24, 2.45) is 5.41 Å². The Morgan fingerprint density at radius 3 is 2.24 bits per heavy atom. The molecule has 1 rings (SSSR count). The van der Waals surface area contributed by atoms with Gasteiger partial charge in [0, 0.05) is 5.41 Å². The highest BCUT2D eigenvalue weighted by Gasteiger charge is 2.38. The molecule has 0 fully saturated rings. The van der Waals surface area contributed by atoms with Crippen LogP contribution in [0.15, 0.2) is 30.3 Å². The molecular formula is C14H17NO6. The zero-order valence-corrected chi connectivity index (χ0v) is 11.7. The van der Waals surface area contributed by atoms with Gasteiger partial charge in [0.2, 0.25) is 0 Å². The van der Waals surface area contributed by atoms with Gasteiger partial charge in [0.1, 0.15) is 11.8 Å². The van der Waals surface area contributed by atoms with E-state index in [4.69, 9.17) is 9.84 Å². The molecule has 1 aromatic rings. The standard InChI is InChI=1S/C14H17NO6/c1-14(2,8-10(16)17)11(12(18)19)15-13(20)21-9-6-4-3-5-7-9/h3-7,11H,8H2,1-2H3,(H,15,20)(H,16,17)(H,18,19). The Morgan fingerprint density at radius 1 is 1.19 bits per heavy atom. The first-order valence-corrected chi connectivity index (χ1v) is 6.20. The summed E-state index contributed by atoms with van der Waals surface area (Å²) in [6.45, 7) is 2.89. The van der Waals surface area contributed by atoms with Crippen LogP contribution in [0.3, 0.4) is 0 Å². The molecule has 114 valence electrons. The number of carbonyl (C=O) groups excluding carboxylic acids is 1. The normalized spacial score (nSPS) is 12.3. The Balaban J connectivity index is 2.77. The number of carboxylic acids is 2. The summed E-state index contributed by atoms with van der Waals surface area (Å²) >= 11 is 0. The Kier molecular flexibility index (Phi) is 5.29. The summed E-state index contributed by atoms with van der Waals surface area (Å²) in [4.78, 5) is 33.7. The Labute approximate surface area is 121 Å². The van der Waals surface area contributed by atoms with Crippen LogP contribution >= 0.6 is 0 Å². The Bertz CT molecular complexity index is 526. The smallest absolute Gasteiger partial charge is 0.413 e. The first-order chi connectivity index (χ1) is 9.72. The average Bonchev–Trinajstić information content (AvgIpc) is 2.35. The van der Waals surface area contributed by atoms with Gasteiger partial charge in [-0.15, -0.1) is 0 Å². The quantitative estimate of drug-likeness (QED) is 0.736. The first-order valence-electron chi connectivity index (χ1n) is 6.20. The van der Waals surface area contributed by atoms with Gasteiger partial charge in [-0.1, -0.05) is 32.0 Å². The maximum atomic E-state index is 11.7. The second kappa shape index (κ2) is 6.74. The number of para-hydroxylation sites is 1. The summed E-state index contributed by atoms with van der Waals surface area (Å²) < 4.78 is 4.93. The summed E-state index contributed by atoms with van der Waals surface area (Å²) in [5.41, 5.74) is -1.17. The van der Waals surface area contributed by atoms with Crippen molar-refractivity contribution in [3.63, 3.8) is 0 Å². The highest BCUT2D eigenvalue weighted by atomic mass is 16.6. The third kappa shape index (κ3) is 5.13. The lowest BCUT2D eigenvalue weighted by atomic mass is 9.81. The molecule has 1 unspecified atom stereocenters. The fourth-order valence-electron chi connectivity index (χ4n) is 1.83. The summed E-state index contributed by atoms with van der Waals surface area (Å²) in [5, 5.41) is 20.2. The molecular weight excluding hydrogens is 278 g/mol. The summed E-state index contributed by atoms with van der Waals surface area (Å²) in [7, 11) is 0. The molecule has 0 bridgehead atoms. The maximum Gasteiger partial charge on any atom is 0.413 e. The van der Waals surface area contributed by atoms with E-state index >= 15 is 0 Å². The number of aliphatic carboxylic acids is 2. The summed E-state index contributed by atoms with van der Waals surface area (Å²) in [6, 6.07) is 6.75. The van der Waals surface area contributed by atoms with Crippen LogP contribution in [0.5, 0.6) is 5.75 Å². The van der Waals surface area contributed by atoms with E-state index in [0.29, 0.717) is 0 Å². The highest BCUT2D eigenvalue weighted by Crippen LogP contribution is 2.26. The van der Waals surface area contributed by atoms with Crippen LogP contribution in [0.1, 0.15) is 20.3 Å². The van der Waals surface area contributed by atoms with Crippen LogP contribution in [0.4, 0.5) is 4.79 Å². The van der Waals surface area contributed by atoms with Crippen molar-refractivity contribution in [2.45, 2.75) is 26.3 Å². The molecule has 0 aliphatic carbocycles. The molecule has 7 heteroatoms. The van der Waals surface area contributed by atoms with Crippen molar-refractivity contribution < 1.29 is 29.3 Å². The number of rotatable bonds is 6. The summed E-state index contributed by atoms with van der Waals surface area (Å²) in [6.07, 6.45) is -1.36. The van der Waals surface area contributed by atoms with Crippen LogP contribution in [-0.4, -0.2) is 34.3 Å². The van der Waals surface area contributed by atoms with E-state index in [1.807, 2.05) is 0 Å². The van der Waals surface area contributed by atoms with Crippen molar-refractivity contribution >= 4 is 18.0 Å².